The Kier molecular flexibility index (Phi) is 7.30. The Labute approximate surface area is 173 Å². The highest BCUT2D eigenvalue weighted by molar-refractivity contribution is 9.10. The first kappa shape index (κ1) is 19.9. The molecular weight excluding hydrogens is 426 g/mol. The summed E-state index contributed by atoms with van der Waals surface area (Å²) in [5.41, 5.74) is 2.98. The zero-order chi connectivity index (χ0) is 19.1. The van der Waals surface area contributed by atoms with E-state index in [1.165, 1.54) is 0 Å². The lowest BCUT2D eigenvalue weighted by Gasteiger charge is -2.15. The second-order valence-corrected chi connectivity index (χ2v) is 7.58. The Bertz CT molecular complexity index is 856. The van der Waals surface area contributed by atoms with Gasteiger partial charge in [0.1, 0.15) is 12.4 Å². The summed E-state index contributed by atoms with van der Waals surface area (Å²) in [6.45, 7) is 1.53. The van der Waals surface area contributed by atoms with Crippen LogP contribution in [0.1, 0.15) is 22.8 Å². The molecule has 0 aromatic heterocycles. The molecule has 2 N–H and O–H groups in total. The monoisotopic (exact) mass is 445 g/mol. The fourth-order valence-corrected chi connectivity index (χ4v) is 3.24. The van der Waals surface area contributed by atoms with E-state index < -0.39 is 6.10 Å². The van der Waals surface area contributed by atoms with Crippen molar-refractivity contribution >= 4 is 27.5 Å². The molecule has 5 heteroatoms. The fourth-order valence-electron chi connectivity index (χ4n) is 2.71. The van der Waals surface area contributed by atoms with Crippen LogP contribution in [0.25, 0.3) is 0 Å². The normalized spacial score (nSPS) is 12.0. The highest BCUT2D eigenvalue weighted by atomic mass is 79.9. The minimum absolute atomic E-state index is 0.465. The third-order valence-corrected chi connectivity index (χ3v) is 4.91. The van der Waals surface area contributed by atoms with Crippen molar-refractivity contribution in [2.75, 3.05) is 6.54 Å². The third-order valence-electron chi connectivity index (χ3n) is 4.17. The van der Waals surface area contributed by atoms with Gasteiger partial charge in [0.05, 0.1) is 6.10 Å². The SMILES string of the molecule is OC(CNCc1cc(Br)ccc1OCc1ccc(Cl)cc1)c1ccccc1. The number of aliphatic hydroxyl groups excluding tert-OH is 1. The number of benzene rings is 3. The van der Waals surface area contributed by atoms with E-state index in [9.17, 15) is 5.11 Å². The summed E-state index contributed by atoms with van der Waals surface area (Å²) in [7, 11) is 0. The molecule has 0 spiro atoms. The first-order chi connectivity index (χ1) is 13.1. The molecule has 140 valence electrons. The quantitative estimate of drug-likeness (QED) is 0.480. The summed E-state index contributed by atoms with van der Waals surface area (Å²) in [6.07, 6.45) is -0.545. The topological polar surface area (TPSA) is 41.5 Å². The average Bonchev–Trinajstić information content (AvgIpc) is 2.69. The fraction of sp³-hybridized carbons (Fsp3) is 0.182. The van der Waals surface area contributed by atoms with Crippen LogP contribution in [0.15, 0.2) is 77.3 Å². The lowest BCUT2D eigenvalue weighted by molar-refractivity contribution is 0.174. The minimum Gasteiger partial charge on any atom is -0.489 e. The molecule has 0 saturated heterocycles. The predicted octanol–water partition coefficient (Wildman–Crippen LogP) is 5.50. The number of halogens is 2. The van der Waals surface area contributed by atoms with Crippen LogP contribution in [0, 0.1) is 0 Å². The van der Waals surface area contributed by atoms with Gasteiger partial charge in [-0.05, 0) is 41.5 Å². The Morgan fingerprint density at radius 1 is 1.00 bits per heavy atom. The van der Waals surface area contributed by atoms with Gasteiger partial charge in [-0.1, -0.05) is 70.0 Å². The summed E-state index contributed by atoms with van der Waals surface area (Å²) in [5, 5.41) is 14.3. The molecule has 3 aromatic carbocycles. The summed E-state index contributed by atoms with van der Waals surface area (Å²) >= 11 is 9.43. The van der Waals surface area contributed by atoms with Crippen LogP contribution >= 0.6 is 27.5 Å². The standard InChI is InChI=1S/C22H21BrClNO2/c23-19-8-11-22(27-15-16-6-9-20(24)10-7-16)18(12-19)13-25-14-21(26)17-4-2-1-3-5-17/h1-12,21,25-26H,13-15H2. The maximum absolute atomic E-state index is 10.3. The van der Waals surface area contributed by atoms with E-state index in [0.717, 1.165) is 26.9 Å². The van der Waals surface area contributed by atoms with Crippen LogP contribution in [-0.4, -0.2) is 11.7 Å². The molecule has 0 aliphatic carbocycles. The van der Waals surface area contributed by atoms with Crippen LogP contribution < -0.4 is 10.1 Å². The lowest BCUT2D eigenvalue weighted by Crippen LogP contribution is -2.21. The summed E-state index contributed by atoms with van der Waals surface area (Å²) in [6, 6.07) is 23.2. The molecule has 0 heterocycles. The Balaban J connectivity index is 1.59. The van der Waals surface area contributed by atoms with Gasteiger partial charge in [-0.15, -0.1) is 0 Å². The predicted molar refractivity (Wildman–Crippen MR) is 113 cm³/mol. The van der Waals surface area contributed by atoms with Crippen LogP contribution in [0.3, 0.4) is 0 Å². The van der Waals surface area contributed by atoms with Crippen molar-refractivity contribution in [3.05, 3.63) is 99.0 Å². The molecule has 0 fully saturated rings. The number of nitrogens with one attached hydrogen (secondary N) is 1. The van der Waals surface area contributed by atoms with E-state index in [-0.39, 0.29) is 0 Å². The molecule has 0 amide bonds. The summed E-state index contributed by atoms with van der Waals surface area (Å²) in [5.74, 6) is 0.815. The van der Waals surface area contributed by atoms with Crippen LogP contribution in [0.5, 0.6) is 5.75 Å². The second-order valence-electron chi connectivity index (χ2n) is 6.22. The molecule has 27 heavy (non-hydrogen) atoms. The summed E-state index contributed by atoms with van der Waals surface area (Å²) in [4.78, 5) is 0. The lowest BCUT2D eigenvalue weighted by atomic mass is 10.1. The summed E-state index contributed by atoms with van der Waals surface area (Å²) < 4.78 is 6.98. The van der Waals surface area contributed by atoms with Gasteiger partial charge in [-0.3, -0.25) is 0 Å². The molecule has 3 rings (SSSR count). The molecule has 0 radical (unpaired) electrons. The maximum Gasteiger partial charge on any atom is 0.124 e. The van der Waals surface area contributed by atoms with E-state index in [0.29, 0.717) is 24.7 Å². The van der Waals surface area contributed by atoms with Gasteiger partial charge in [0.2, 0.25) is 0 Å². The van der Waals surface area contributed by atoms with E-state index in [1.807, 2.05) is 72.8 Å². The van der Waals surface area contributed by atoms with Gasteiger partial charge in [-0.2, -0.15) is 0 Å². The molecule has 0 bridgehead atoms. The Morgan fingerprint density at radius 2 is 1.74 bits per heavy atom. The number of ether oxygens (including phenoxy) is 1. The number of rotatable bonds is 8. The van der Waals surface area contributed by atoms with Crippen LogP contribution in [0.2, 0.25) is 5.02 Å². The zero-order valence-electron chi connectivity index (χ0n) is 14.7. The number of hydrogen-bond acceptors (Lipinski definition) is 3. The van der Waals surface area contributed by atoms with Crippen molar-refractivity contribution in [3.8, 4) is 5.75 Å². The molecule has 0 aliphatic rings. The minimum atomic E-state index is -0.545. The van der Waals surface area contributed by atoms with Gasteiger partial charge < -0.3 is 15.2 Å². The highest BCUT2D eigenvalue weighted by Gasteiger charge is 2.09. The second kappa shape index (κ2) is 9.90. The number of hydrogen-bond donors (Lipinski definition) is 2. The molecule has 3 nitrogen and oxygen atoms in total. The molecule has 1 unspecified atom stereocenters. The van der Waals surface area contributed by atoms with Crippen LogP contribution in [0.4, 0.5) is 0 Å². The van der Waals surface area contributed by atoms with Crippen molar-refractivity contribution in [2.24, 2.45) is 0 Å². The molecule has 0 saturated carbocycles. The van der Waals surface area contributed by atoms with Gasteiger partial charge in [0.25, 0.3) is 0 Å². The number of aliphatic hydroxyl groups is 1. The van der Waals surface area contributed by atoms with Gasteiger partial charge in [0.15, 0.2) is 0 Å². The third kappa shape index (κ3) is 6.08. The Hall–Kier alpha value is -1.85. The smallest absolute Gasteiger partial charge is 0.124 e. The van der Waals surface area contributed by atoms with E-state index in [2.05, 4.69) is 21.2 Å². The molecule has 1 atom stereocenters. The van der Waals surface area contributed by atoms with Crippen molar-refractivity contribution < 1.29 is 9.84 Å². The van der Waals surface area contributed by atoms with Gasteiger partial charge in [0, 0.05) is 28.1 Å². The largest absolute Gasteiger partial charge is 0.489 e. The van der Waals surface area contributed by atoms with Crippen molar-refractivity contribution in [3.63, 3.8) is 0 Å². The van der Waals surface area contributed by atoms with Crippen LogP contribution in [-0.2, 0) is 13.2 Å². The molecule has 0 aliphatic heterocycles. The Morgan fingerprint density at radius 3 is 2.48 bits per heavy atom. The van der Waals surface area contributed by atoms with E-state index in [4.69, 9.17) is 16.3 Å². The van der Waals surface area contributed by atoms with Crippen molar-refractivity contribution in [2.45, 2.75) is 19.3 Å². The first-order valence-electron chi connectivity index (χ1n) is 8.71. The van der Waals surface area contributed by atoms with Crippen molar-refractivity contribution in [1.29, 1.82) is 0 Å². The zero-order valence-corrected chi connectivity index (χ0v) is 17.1. The molecule has 3 aromatic rings. The van der Waals surface area contributed by atoms with Crippen molar-refractivity contribution in [1.82, 2.24) is 5.32 Å². The van der Waals surface area contributed by atoms with Gasteiger partial charge >= 0.3 is 0 Å². The average molecular weight is 447 g/mol. The highest BCUT2D eigenvalue weighted by Crippen LogP contribution is 2.24. The van der Waals surface area contributed by atoms with E-state index in [1.54, 1.807) is 0 Å². The molecular formula is C22H21BrClNO2. The maximum atomic E-state index is 10.3. The first-order valence-corrected chi connectivity index (χ1v) is 9.88. The van der Waals surface area contributed by atoms with E-state index >= 15 is 0 Å². The van der Waals surface area contributed by atoms with Gasteiger partial charge in [-0.25, -0.2) is 0 Å².